The van der Waals surface area contributed by atoms with Gasteiger partial charge in [-0.3, -0.25) is 0 Å². The first-order chi connectivity index (χ1) is 7.23. The smallest absolute Gasteiger partial charge is 0.214 e. The molecule has 0 fully saturated rings. The van der Waals surface area contributed by atoms with Crippen molar-refractivity contribution in [3.05, 3.63) is 0 Å². The minimum absolute atomic E-state index is 0.102. The normalized spacial score (nSPS) is 14.4. The van der Waals surface area contributed by atoms with Gasteiger partial charge in [0, 0.05) is 13.0 Å². The van der Waals surface area contributed by atoms with Crippen molar-refractivity contribution < 1.29 is 21.6 Å². The van der Waals surface area contributed by atoms with Crippen molar-refractivity contribution in [3.63, 3.8) is 0 Å². The van der Waals surface area contributed by atoms with Gasteiger partial charge in [-0.25, -0.2) is 13.1 Å². The first kappa shape index (κ1) is 15.2. The summed E-state index contributed by atoms with van der Waals surface area (Å²) in [6.45, 7) is 1.21. The van der Waals surface area contributed by atoms with E-state index < -0.39 is 27.9 Å². The highest BCUT2D eigenvalue weighted by atomic mass is 32.2. The highest BCUT2D eigenvalue weighted by Gasteiger charge is 2.27. The minimum Gasteiger partial charge on any atom is -0.214 e. The Hall–Kier alpha value is -0.810. The summed E-state index contributed by atoms with van der Waals surface area (Å²) < 4.78 is 59.8. The maximum atomic E-state index is 11.7. The van der Waals surface area contributed by atoms with E-state index in [4.69, 9.17) is 5.26 Å². The monoisotopic (exact) mass is 258 g/mol. The van der Waals surface area contributed by atoms with Crippen molar-refractivity contribution in [1.29, 1.82) is 5.26 Å². The first-order valence-electron chi connectivity index (χ1n) is 4.67. The summed E-state index contributed by atoms with van der Waals surface area (Å²) in [4.78, 5) is 0. The van der Waals surface area contributed by atoms with Gasteiger partial charge in [-0.2, -0.15) is 18.4 Å². The van der Waals surface area contributed by atoms with E-state index in [0.717, 1.165) is 0 Å². The van der Waals surface area contributed by atoms with Crippen LogP contribution in [0.4, 0.5) is 13.2 Å². The van der Waals surface area contributed by atoms with Crippen LogP contribution < -0.4 is 4.72 Å². The molecule has 0 bridgehead atoms. The fourth-order valence-corrected chi connectivity index (χ4v) is 2.19. The molecular weight excluding hydrogens is 245 g/mol. The largest absolute Gasteiger partial charge is 0.389 e. The van der Waals surface area contributed by atoms with Crippen molar-refractivity contribution in [1.82, 2.24) is 4.72 Å². The number of alkyl halides is 3. The molecule has 0 radical (unpaired) electrons. The van der Waals surface area contributed by atoms with Crippen molar-refractivity contribution in [2.24, 2.45) is 0 Å². The summed E-state index contributed by atoms with van der Waals surface area (Å²) in [6, 6.07) is 1.58. The van der Waals surface area contributed by atoms with Crippen LogP contribution in [0.15, 0.2) is 0 Å². The number of rotatable bonds is 6. The Bertz CT molecular complexity index is 345. The van der Waals surface area contributed by atoms with Crippen LogP contribution in [-0.2, 0) is 10.0 Å². The molecule has 0 aliphatic rings. The van der Waals surface area contributed by atoms with Gasteiger partial charge < -0.3 is 0 Å². The molecule has 0 rings (SSSR count). The van der Waals surface area contributed by atoms with Gasteiger partial charge in [0.25, 0.3) is 0 Å². The van der Waals surface area contributed by atoms with Gasteiger partial charge in [0.15, 0.2) is 5.25 Å². The number of sulfonamides is 1. The third-order valence-electron chi connectivity index (χ3n) is 1.83. The van der Waals surface area contributed by atoms with Crippen molar-refractivity contribution >= 4 is 10.0 Å². The van der Waals surface area contributed by atoms with Gasteiger partial charge in [-0.15, -0.1) is 0 Å². The molecule has 1 N–H and O–H groups in total. The zero-order valence-electron chi connectivity index (χ0n) is 8.71. The Labute approximate surface area is 92.5 Å². The minimum atomic E-state index is -4.29. The van der Waals surface area contributed by atoms with E-state index in [2.05, 4.69) is 0 Å². The summed E-state index contributed by atoms with van der Waals surface area (Å²) in [5.41, 5.74) is 0. The molecule has 0 heterocycles. The van der Waals surface area contributed by atoms with Crippen LogP contribution >= 0.6 is 0 Å². The molecule has 1 unspecified atom stereocenters. The third-order valence-corrected chi connectivity index (χ3v) is 3.62. The Kier molecular flexibility index (Phi) is 5.75. The molecule has 0 saturated carbocycles. The molecule has 0 aliphatic heterocycles. The molecule has 8 heteroatoms. The average Bonchev–Trinajstić information content (AvgIpc) is 2.12. The zero-order chi connectivity index (χ0) is 12.8. The number of halogens is 3. The topological polar surface area (TPSA) is 70.0 Å². The maximum Gasteiger partial charge on any atom is 0.389 e. The van der Waals surface area contributed by atoms with E-state index in [1.165, 1.54) is 6.92 Å². The SMILES string of the molecule is CCC(C#N)S(=O)(=O)NCCCC(F)(F)F. The average molecular weight is 258 g/mol. The standard InChI is InChI=1S/C8H13F3N2O2S/c1-2-7(6-12)16(14,15)13-5-3-4-8(9,10)11/h7,13H,2-5H2,1H3. The molecule has 4 nitrogen and oxygen atoms in total. The lowest BCUT2D eigenvalue weighted by Gasteiger charge is -2.10. The van der Waals surface area contributed by atoms with E-state index in [0.29, 0.717) is 0 Å². The lowest BCUT2D eigenvalue weighted by atomic mass is 10.3. The third kappa shape index (κ3) is 5.92. The molecule has 0 aromatic carbocycles. The molecule has 94 valence electrons. The Morgan fingerprint density at radius 3 is 2.38 bits per heavy atom. The van der Waals surface area contributed by atoms with E-state index in [9.17, 15) is 21.6 Å². The molecule has 16 heavy (non-hydrogen) atoms. The Morgan fingerprint density at radius 2 is 2.00 bits per heavy atom. The quantitative estimate of drug-likeness (QED) is 0.735. The number of hydrogen-bond donors (Lipinski definition) is 1. The van der Waals surface area contributed by atoms with Gasteiger partial charge in [-0.1, -0.05) is 6.92 Å². The van der Waals surface area contributed by atoms with Crippen LogP contribution in [0.3, 0.4) is 0 Å². The zero-order valence-corrected chi connectivity index (χ0v) is 9.53. The summed E-state index contributed by atoms with van der Waals surface area (Å²) in [5.74, 6) is 0. The molecular formula is C8H13F3N2O2S. The van der Waals surface area contributed by atoms with Crippen LogP contribution in [-0.4, -0.2) is 26.4 Å². The molecule has 0 spiro atoms. The highest BCUT2D eigenvalue weighted by Crippen LogP contribution is 2.20. The van der Waals surface area contributed by atoms with Gasteiger partial charge in [-0.05, 0) is 12.8 Å². The second-order valence-electron chi connectivity index (χ2n) is 3.18. The van der Waals surface area contributed by atoms with E-state index >= 15 is 0 Å². The highest BCUT2D eigenvalue weighted by molar-refractivity contribution is 7.90. The van der Waals surface area contributed by atoms with Gasteiger partial charge in [0.1, 0.15) is 0 Å². The number of nitriles is 1. The summed E-state index contributed by atoms with van der Waals surface area (Å²) in [6.07, 6.45) is -5.56. The fourth-order valence-electron chi connectivity index (χ4n) is 0.984. The number of nitrogens with zero attached hydrogens (tertiary/aromatic N) is 1. The molecule has 1 atom stereocenters. The van der Waals surface area contributed by atoms with Crippen LogP contribution in [0.25, 0.3) is 0 Å². The number of nitrogens with one attached hydrogen (secondary N) is 1. The van der Waals surface area contributed by atoms with E-state index in [1.807, 2.05) is 4.72 Å². The predicted octanol–water partition coefficient (Wildman–Crippen LogP) is 1.55. The van der Waals surface area contributed by atoms with Crippen LogP contribution in [0.5, 0.6) is 0 Å². The van der Waals surface area contributed by atoms with Crippen molar-refractivity contribution in [2.75, 3.05) is 6.54 Å². The molecule has 0 saturated heterocycles. The molecule has 0 aliphatic carbocycles. The summed E-state index contributed by atoms with van der Waals surface area (Å²) >= 11 is 0. The summed E-state index contributed by atoms with van der Waals surface area (Å²) in [5, 5.41) is 7.29. The van der Waals surface area contributed by atoms with Crippen LogP contribution in [0.2, 0.25) is 0 Å². The summed E-state index contributed by atoms with van der Waals surface area (Å²) in [7, 11) is -3.82. The molecule has 0 amide bonds. The van der Waals surface area contributed by atoms with Crippen molar-refractivity contribution in [3.8, 4) is 6.07 Å². The molecule has 0 aromatic rings. The van der Waals surface area contributed by atoms with Crippen LogP contribution in [0, 0.1) is 11.3 Å². The van der Waals surface area contributed by atoms with E-state index in [-0.39, 0.29) is 19.4 Å². The Balaban J connectivity index is 4.08. The lowest BCUT2D eigenvalue weighted by molar-refractivity contribution is -0.135. The Morgan fingerprint density at radius 1 is 1.44 bits per heavy atom. The van der Waals surface area contributed by atoms with Gasteiger partial charge in [0.2, 0.25) is 10.0 Å². The maximum absolute atomic E-state index is 11.7. The van der Waals surface area contributed by atoms with Gasteiger partial charge in [0.05, 0.1) is 6.07 Å². The van der Waals surface area contributed by atoms with Gasteiger partial charge >= 0.3 is 6.18 Å². The lowest BCUT2D eigenvalue weighted by Crippen LogP contribution is -2.34. The van der Waals surface area contributed by atoms with Crippen LogP contribution in [0.1, 0.15) is 26.2 Å². The number of hydrogen-bond acceptors (Lipinski definition) is 3. The second-order valence-corrected chi connectivity index (χ2v) is 5.13. The molecule has 0 aromatic heterocycles. The predicted molar refractivity (Wildman–Crippen MR) is 51.9 cm³/mol. The fraction of sp³-hybridized carbons (Fsp3) is 0.875. The second kappa shape index (κ2) is 6.06. The van der Waals surface area contributed by atoms with Crippen molar-refractivity contribution in [2.45, 2.75) is 37.6 Å². The first-order valence-corrected chi connectivity index (χ1v) is 6.22. The van der Waals surface area contributed by atoms with E-state index in [1.54, 1.807) is 6.07 Å².